The van der Waals surface area contributed by atoms with Crippen molar-refractivity contribution in [3.63, 3.8) is 0 Å². The van der Waals surface area contributed by atoms with E-state index in [1.54, 1.807) is 6.08 Å². The van der Waals surface area contributed by atoms with Crippen LogP contribution in [0.15, 0.2) is 12.7 Å². The number of hydrogen-bond donors (Lipinski definition) is 1. The van der Waals surface area contributed by atoms with Gasteiger partial charge in [-0.1, -0.05) is 6.08 Å². The monoisotopic (exact) mass is 281 g/mol. The van der Waals surface area contributed by atoms with Crippen molar-refractivity contribution in [2.45, 2.75) is 12.5 Å². The van der Waals surface area contributed by atoms with Gasteiger partial charge in [0.15, 0.2) is 0 Å². The van der Waals surface area contributed by atoms with Gasteiger partial charge < -0.3 is 18.9 Å². The lowest BCUT2D eigenvalue weighted by Gasteiger charge is -2.32. The Morgan fingerprint density at radius 2 is 2.11 bits per heavy atom. The van der Waals surface area contributed by atoms with Crippen LogP contribution in [0, 0.1) is 0 Å². The Morgan fingerprint density at radius 3 is 2.61 bits per heavy atom. The summed E-state index contributed by atoms with van der Waals surface area (Å²) < 4.78 is 37.0. The highest BCUT2D eigenvalue weighted by atomic mass is 32.2. The van der Waals surface area contributed by atoms with Gasteiger partial charge in [-0.3, -0.25) is 0 Å². The van der Waals surface area contributed by atoms with Gasteiger partial charge in [-0.05, 0) is 0 Å². The molecule has 108 valence electrons. The second-order valence-corrected chi connectivity index (χ2v) is 6.46. The normalized spacial score (nSPS) is 14.4. The van der Waals surface area contributed by atoms with Crippen molar-refractivity contribution in [3.8, 4) is 0 Å². The molecule has 0 rings (SSSR count). The van der Waals surface area contributed by atoms with Crippen LogP contribution in [0.1, 0.15) is 6.42 Å². The number of aliphatic hydroxyl groups excluding tert-OH is 1. The van der Waals surface area contributed by atoms with Crippen molar-refractivity contribution in [2.75, 3.05) is 46.2 Å². The van der Waals surface area contributed by atoms with Crippen LogP contribution in [0.4, 0.5) is 0 Å². The fourth-order valence-corrected chi connectivity index (χ4v) is 2.15. The quantitative estimate of drug-likeness (QED) is 0.254. The van der Waals surface area contributed by atoms with Crippen LogP contribution in [0.5, 0.6) is 0 Å². The van der Waals surface area contributed by atoms with E-state index in [0.29, 0.717) is 30.6 Å². The maximum absolute atomic E-state index is 10.5. The summed E-state index contributed by atoms with van der Waals surface area (Å²) in [5.74, 6) is -0.363. The summed E-state index contributed by atoms with van der Waals surface area (Å²) in [6, 6.07) is 0. The lowest BCUT2D eigenvalue weighted by atomic mass is 10.3. The highest BCUT2D eigenvalue weighted by molar-refractivity contribution is 7.85. The smallest absolute Gasteiger partial charge is 0.126 e. The molecule has 0 aliphatic rings. The first kappa shape index (κ1) is 17.5. The molecule has 1 atom stereocenters. The molecule has 0 amide bonds. The molecule has 7 heteroatoms. The number of rotatable bonds is 10. The lowest BCUT2D eigenvalue weighted by molar-refractivity contribution is -0.893. The molecular weight excluding hydrogens is 258 g/mol. The number of quaternary nitrogens is 1. The first-order valence-electron chi connectivity index (χ1n) is 5.78. The Hall–Kier alpha value is -0.470. The summed E-state index contributed by atoms with van der Waals surface area (Å²) in [5.41, 5.74) is 0. The van der Waals surface area contributed by atoms with Gasteiger partial charge in [0, 0.05) is 12.2 Å². The molecule has 0 saturated heterocycles. The van der Waals surface area contributed by atoms with E-state index in [9.17, 15) is 18.1 Å². The molecule has 0 aliphatic heterocycles. The molecule has 1 N–H and O–H groups in total. The average Bonchev–Trinajstić information content (AvgIpc) is 2.14. The Labute approximate surface area is 109 Å². The van der Waals surface area contributed by atoms with Crippen LogP contribution in [-0.4, -0.2) is 74.8 Å². The largest absolute Gasteiger partial charge is 0.748 e. The summed E-state index contributed by atoms with van der Waals surface area (Å²) in [6.45, 7) is 5.06. The Kier molecular flexibility index (Phi) is 7.65. The second-order valence-electron chi connectivity index (χ2n) is 4.94. The maximum atomic E-state index is 10.5. The van der Waals surface area contributed by atoms with E-state index in [2.05, 4.69) is 6.58 Å². The second kappa shape index (κ2) is 7.85. The van der Waals surface area contributed by atoms with Crippen molar-refractivity contribution < 1.29 is 27.3 Å². The lowest BCUT2D eigenvalue weighted by Crippen LogP contribution is -2.47. The molecule has 0 radical (unpaired) electrons. The molecular formula is C11H23NO5S. The summed E-state index contributed by atoms with van der Waals surface area (Å²) in [6.07, 6.45) is 1.27. The number of ether oxygens (including phenoxy) is 1. The summed E-state index contributed by atoms with van der Waals surface area (Å²) in [7, 11) is -0.412. The van der Waals surface area contributed by atoms with Crippen molar-refractivity contribution in [2.24, 2.45) is 0 Å². The minimum absolute atomic E-state index is 0.216. The summed E-state index contributed by atoms with van der Waals surface area (Å²) >= 11 is 0. The topological polar surface area (TPSA) is 86.7 Å². The van der Waals surface area contributed by atoms with Crippen LogP contribution in [-0.2, 0) is 14.9 Å². The predicted molar refractivity (Wildman–Crippen MR) is 68.0 cm³/mol. The molecule has 0 aromatic carbocycles. The fraction of sp³-hybridized carbons (Fsp3) is 0.818. The van der Waals surface area contributed by atoms with Crippen LogP contribution in [0.2, 0.25) is 0 Å². The third-order valence-corrected chi connectivity index (χ3v) is 3.20. The van der Waals surface area contributed by atoms with Gasteiger partial charge in [0.05, 0.1) is 44.0 Å². The average molecular weight is 281 g/mol. The zero-order valence-electron chi connectivity index (χ0n) is 11.0. The minimum Gasteiger partial charge on any atom is -0.748 e. The van der Waals surface area contributed by atoms with E-state index in [-0.39, 0.29) is 12.4 Å². The van der Waals surface area contributed by atoms with Gasteiger partial charge in [-0.25, -0.2) is 8.42 Å². The number of nitrogens with zero attached hydrogens (tertiary/aromatic N) is 1. The van der Waals surface area contributed by atoms with E-state index < -0.39 is 16.2 Å². The predicted octanol–water partition coefficient (Wildman–Crippen LogP) is -0.438. The Morgan fingerprint density at radius 1 is 1.50 bits per heavy atom. The highest BCUT2D eigenvalue weighted by Gasteiger charge is 2.20. The van der Waals surface area contributed by atoms with Crippen molar-refractivity contribution >= 4 is 10.1 Å². The van der Waals surface area contributed by atoms with Gasteiger partial charge in [-0.15, -0.1) is 6.58 Å². The van der Waals surface area contributed by atoms with Crippen LogP contribution < -0.4 is 0 Å². The molecule has 0 aromatic rings. The Bertz CT molecular complexity index is 339. The van der Waals surface area contributed by atoms with Crippen molar-refractivity contribution in [1.29, 1.82) is 0 Å². The third kappa shape index (κ3) is 10.7. The molecule has 18 heavy (non-hydrogen) atoms. The van der Waals surface area contributed by atoms with Gasteiger partial charge >= 0.3 is 0 Å². The van der Waals surface area contributed by atoms with Crippen molar-refractivity contribution in [1.82, 2.24) is 0 Å². The third-order valence-electron chi connectivity index (χ3n) is 2.41. The molecule has 6 nitrogen and oxygen atoms in total. The van der Waals surface area contributed by atoms with E-state index in [4.69, 9.17) is 4.74 Å². The van der Waals surface area contributed by atoms with Crippen LogP contribution >= 0.6 is 0 Å². The SMILES string of the molecule is C=CCOCC(O)C[N+](C)(C)CCCS(=O)(=O)[O-]. The number of likely N-dealkylation sites (N-methyl/N-ethyl adjacent to an activating group) is 1. The van der Waals surface area contributed by atoms with Gasteiger partial charge in [-0.2, -0.15) is 0 Å². The molecule has 1 unspecified atom stereocenters. The molecule has 0 bridgehead atoms. The first-order valence-corrected chi connectivity index (χ1v) is 7.36. The van der Waals surface area contributed by atoms with E-state index >= 15 is 0 Å². The molecule has 0 spiro atoms. The zero-order valence-corrected chi connectivity index (χ0v) is 11.9. The van der Waals surface area contributed by atoms with Crippen LogP contribution in [0.3, 0.4) is 0 Å². The molecule has 0 saturated carbocycles. The Balaban J connectivity index is 3.94. The first-order chi connectivity index (χ1) is 8.16. The van der Waals surface area contributed by atoms with Gasteiger partial charge in [0.1, 0.15) is 12.6 Å². The fourth-order valence-electron chi connectivity index (χ4n) is 1.67. The number of hydrogen-bond acceptors (Lipinski definition) is 5. The molecule has 0 fully saturated rings. The standard InChI is InChI=1S/C11H23NO5S/c1-4-7-17-10-11(13)9-12(2,3)6-5-8-18(14,15)16/h4,11,13H,1,5-10H2,2-3H3. The number of aliphatic hydroxyl groups is 1. The molecule has 0 aliphatic carbocycles. The summed E-state index contributed by atoms with van der Waals surface area (Å²) in [4.78, 5) is 0. The van der Waals surface area contributed by atoms with E-state index in [0.717, 1.165) is 0 Å². The van der Waals surface area contributed by atoms with Crippen LogP contribution in [0.25, 0.3) is 0 Å². The highest BCUT2D eigenvalue weighted by Crippen LogP contribution is 2.03. The maximum Gasteiger partial charge on any atom is 0.126 e. The van der Waals surface area contributed by atoms with Gasteiger partial charge in [0.2, 0.25) is 0 Å². The summed E-state index contributed by atoms with van der Waals surface area (Å²) in [5, 5.41) is 9.72. The minimum atomic E-state index is -4.15. The van der Waals surface area contributed by atoms with Gasteiger partial charge in [0.25, 0.3) is 0 Å². The van der Waals surface area contributed by atoms with E-state index in [1.165, 1.54) is 0 Å². The zero-order chi connectivity index (χ0) is 14.2. The molecule has 0 aromatic heterocycles. The molecule has 0 heterocycles. The van der Waals surface area contributed by atoms with Crippen molar-refractivity contribution in [3.05, 3.63) is 12.7 Å². The van der Waals surface area contributed by atoms with E-state index in [1.807, 2.05) is 14.1 Å².